The molecule has 0 atom stereocenters. The molecule has 33 nitrogen and oxygen atoms in total. The molecule has 11 aromatic rings. The van der Waals surface area contributed by atoms with Crippen molar-refractivity contribution in [2.24, 2.45) is 0 Å². The monoisotopic (exact) mass is 2890 g/mol. The molecule has 147 heavy (non-hydrogen) atoms. The van der Waals surface area contributed by atoms with E-state index in [1.165, 1.54) is 70.3 Å². The Bertz CT molecular complexity index is 5670. The van der Waals surface area contributed by atoms with E-state index in [0.717, 1.165) is 81.9 Å². The molecule has 0 aliphatic heterocycles. The number of alkyl halides is 3. The van der Waals surface area contributed by atoms with Crippen LogP contribution in [0, 0.1) is 168 Å². The number of aryl methyl sites for hydroxylation is 10. The zero-order valence-electron chi connectivity index (χ0n) is 84.5. The molecule has 0 unspecified atom stereocenters. The van der Waals surface area contributed by atoms with Crippen molar-refractivity contribution in [1.82, 2.24) is 0 Å². The van der Waals surface area contributed by atoms with Crippen LogP contribution in [0.2, 0.25) is 0 Å². The van der Waals surface area contributed by atoms with Crippen molar-refractivity contribution in [1.29, 1.82) is 0 Å². The first kappa shape index (κ1) is 165. The number of carbonyl (C=O) groups is 6. The fraction of sp³-hybridized carbons (Fsp3) is 0.182. The zero-order chi connectivity index (χ0) is 107. The molecule has 0 saturated heterocycles. The molecular weight excluding hydrogens is 2810 g/mol. The summed E-state index contributed by atoms with van der Waals surface area (Å²) in [7, 11) is 0. The Labute approximate surface area is 1050 Å². The number of carbonyl (C=O) groups excluding carboxylic acids is 6. The topological polar surface area (TPSA) is 508 Å². The Kier molecular flexibility index (Phi) is 105. The van der Waals surface area contributed by atoms with Crippen LogP contribution in [0.5, 0.6) is 5.75 Å². The number of phenols is 1. The van der Waals surface area contributed by atoms with Crippen molar-refractivity contribution < 1.29 is 221 Å². The van der Waals surface area contributed by atoms with Crippen molar-refractivity contribution in [3.8, 4) is 5.75 Å². The number of benzene rings is 11. The largest absolute Gasteiger partial charge is 1.00 e. The van der Waals surface area contributed by atoms with Crippen LogP contribution in [-0.2, 0) is 40.4 Å². The van der Waals surface area contributed by atoms with Crippen molar-refractivity contribution >= 4 is 316 Å². The molecule has 0 heterocycles. The second-order valence-corrected chi connectivity index (χ2v) is 74.5. The number of nitro benzene ring substituents is 8. The predicted octanol–water partition coefficient (Wildman–Crippen LogP) is 18.6. The van der Waals surface area contributed by atoms with Gasteiger partial charge < -0.3 is 25.8 Å². The Morgan fingerprint density at radius 2 is 0.599 bits per heavy atom. The van der Waals surface area contributed by atoms with E-state index in [1.54, 1.807) is 82.3 Å². The number of aliphatic hydroxyl groups is 2. The van der Waals surface area contributed by atoms with E-state index in [0.29, 0.717) is 63.9 Å². The van der Waals surface area contributed by atoms with Gasteiger partial charge in [-0.1, -0.05) is 184 Å². The summed E-state index contributed by atoms with van der Waals surface area (Å²) >= 11 is 38.1. The minimum atomic E-state index is -0.837. The van der Waals surface area contributed by atoms with Gasteiger partial charge in [0, 0.05) is 127 Å². The van der Waals surface area contributed by atoms with Crippen molar-refractivity contribution in [3.63, 3.8) is 0 Å². The summed E-state index contributed by atoms with van der Waals surface area (Å²) in [5.74, 6) is -1.22. The van der Waals surface area contributed by atoms with Gasteiger partial charge in [-0.05, 0) is 296 Å². The molecule has 766 valence electrons. The molecule has 12 radical (unpaired) electrons. The Morgan fingerprint density at radius 1 is 0.306 bits per heavy atom. The molecule has 0 bridgehead atoms. The zero-order valence-corrected chi connectivity index (χ0v) is 110. The Morgan fingerprint density at radius 3 is 0.884 bits per heavy atom. The SMILES string of the molecule is BrP(Br)Br.BrP(Br)Br.BrP(Br)Br.Cc1cc(C)cc(C=O)c1.Cc1cc(C)cc(CBr)c1.Cc1cc(C)cc(CO)c1.Cc1ccc(C=O)cc1[N+](=O)[O-].Cc1cccc(C=O)c1F.Cc1cccc(CBr)c1F.Cc1cccc(CC=O)c1F.O=Cc1c([N+](=O)[O-])cccc1[N+](=O)[O-].O=Cc1ccc(O)c([N+](=O)[O-])c1.O=[N+]([O-])c1cccc([N+](=O)[O-])c1CBr.O=[N+]([O-])c1cccc([N+](=O)[O-])c1CO.[B].[B].[B].[B].[H-].[H-].[H-].[H-].[Na+].[Na+].[Na+].[Na+]. The molecule has 0 fully saturated rings. The number of halogens is 15. The van der Waals surface area contributed by atoms with Crippen molar-refractivity contribution in [2.45, 2.75) is 105 Å². The maximum atomic E-state index is 13.0. The third-order valence-electron chi connectivity index (χ3n) is 16.4. The molecule has 3 N–H and O–H groups in total. The molecular formula is C88H88B4Br12F3N8Na4O25P3. The fourth-order valence-electron chi connectivity index (χ4n) is 10.7. The third-order valence-corrected chi connectivity index (χ3v) is 18.2. The van der Waals surface area contributed by atoms with Gasteiger partial charge in [0.2, 0.25) is 0 Å². The van der Waals surface area contributed by atoms with E-state index in [2.05, 4.69) is 225 Å². The number of aromatic hydroxyl groups is 1. The summed E-state index contributed by atoms with van der Waals surface area (Å²) in [6.45, 7) is 18.4. The maximum Gasteiger partial charge on any atom is 1.00 e. The molecule has 11 rings (SSSR count). The van der Waals surface area contributed by atoms with Crippen molar-refractivity contribution in [3.05, 3.63) is 415 Å². The fourth-order valence-corrected chi connectivity index (χ4v) is 12.0. The number of aldehydes is 6. The van der Waals surface area contributed by atoms with Gasteiger partial charge in [-0.25, -0.2) is 13.2 Å². The maximum absolute atomic E-state index is 13.0. The summed E-state index contributed by atoms with van der Waals surface area (Å²) in [6, 6.07) is 51.9. The van der Waals surface area contributed by atoms with Gasteiger partial charge in [0.15, 0.2) is 23.9 Å². The van der Waals surface area contributed by atoms with Crippen LogP contribution >= 0.6 is 199 Å². The average molecular weight is 2900 g/mol. The molecule has 0 amide bonds. The smallest absolute Gasteiger partial charge is 1.00 e. The Hall–Kier alpha value is -4.54. The first-order valence-electron chi connectivity index (χ1n) is 38.0. The normalized spacial score (nSPS) is 9.05. The second-order valence-electron chi connectivity index (χ2n) is 26.8. The summed E-state index contributed by atoms with van der Waals surface area (Å²) in [5.41, 5.74) is 11.0. The van der Waals surface area contributed by atoms with E-state index in [1.807, 2.05) is 64.1 Å². The minimum Gasteiger partial charge on any atom is -1.00 e. The van der Waals surface area contributed by atoms with Crippen LogP contribution in [0.1, 0.15) is 147 Å². The van der Waals surface area contributed by atoms with Crippen LogP contribution in [0.3, 0.4) is 0 Å². The first-order valence-corrected chi connectivity index (χ1v) is 63.5. The number of nitro groups is 8. The molecule has 0 spiro atoms. The molecule has 11 aromatic carbocycles. The van der Waals surface area contributed by atoms with Gasteiger partial charge in [0.05, 0.1) is 58.2 Å². The van der Waals surface area contributed by atoms with Gasteiger partial charge in [-0.2, -0.15) is 0 Å². The van der Waals surface area contributed by atoms with E-state index < -0.39 is 91.6 Å². The molecule has 0 saturated carbocycles. The van der Waals surface area contributed by atoms with Crippen molar-refractivity contribution in [2.75, 3.05) is 0 Å². The van der Waals surface area contributed by atoms with Gasteiger partial charge in [-0.15, -0.1) is 0 Å². The van der Waals surface area contributed by atoms with E-state index in [9.17, 15) is 123 Å². The second kappa shape index (κ2) is 93.8. The predicted molar refractivity (Wildman–Crippen MR) is 608 cm³/mol. The average Bonchev–Trinajstić information content (AvgIpc) is 0.829. The summed E-state index contributed by atoms with van der Waals surface area (Å²) < 4.78 is 38.2. The van der Waals surface area contributed by atoms with Crippen LogP contribution < -0.4 is 118 Å². The van der Waals surface area contributed by atoms with Gasteiger partial charge in [0.1, 0.15) is 65.8 Å². The number of hydrogen-bond donors (Lipinski definition) is 3. The van der Waals surface area contributed by atoms with E-state index in [-0.39, 0.29) is 245 Å². The quantitative estimate of drug-likeness (QED) is 0.0159. The van der Waals surface area contributed by atoms with E-state index in [4.69, 9.17) is 15.3 Å². The summed E-state index contributed by atoms with van der Waals surface area (Å²) in [4.78, 5) is 139. The molecule has 0 aromatic heterocycles. The van der Waals surface area contributed by atoms with Gasteiger partial charge in [-0.3, -0.25) is 105 Å². The van der Waals surface area contributed by atoms with E-state index >= 15 is 0 Å². The molecule has 59 heteroatoms. The van der Waals surface area contributed by atoms with Crippen LogP contribution in [0.4, 0.5) is 58.7 Å². The van der Waals surface area contributed by atoms with Crippen LogP contribution in [0.15, 0.2) is 200 Å². The number of phenolic OH excluding ortho intramolecular Hbond substituents is 1. The number of nitrogens with zero attached hydrogens (tertiary/aromatic N) is 8. The number of aliphatic hydroxyl groups excluding tert-OH is 2. The van der Waals surface area contributed by atoms with Gasteiger partial charge >= 0.3 is 124 Å². The number of hydrogen-bond acceptors (Lipinski definition) is 25. The molecule has 0 aliphatic rings. The standard InChI is InChI=1S/C9H11Br.C9H9FO.C9H12O.C9H10O.C8H8BrF.C8H7FO.C8H7NO3.C7H5BrN2O4.C7H6N2O5.C7H4N2O5.C7H5NO4.4B.3Br3P.4Na.4H/c1-7-3-8(2)5-9(4-7)6-10;1-7-3-2-4-8(5-6-11)9(7)10;2*1-7-3-8(2)5-9(4-7)6-10;1-6-3-2-4-7(5-9)8(6)10;1-6-3-2-4-7(5-10)8(6)9;1-6-2-3-7(5-10)4-8(6)9(11)12;8-4-5-6(9(11)12)2-1-3-7(5)10(13)14;2*10-4-5-6(8(11)12)2-1-3-7(5)9(13)14;9-4-5-1-2-7(10)6(3-5)8(11)12;;;;;3*1-4(2)3;;;;;;;;/h3-5H,6H2,1-2H3;2-4,6H,5H2,1H3;3-5,10H,6H2,1-2H3;3-6H,1-2H3;2-4H,5H2,1H3;2-5H,1H3;2-5H,1H3;1-3H,4H2;1-3,10H,4H2;1-4H;1-4,10H;;;;;;;;;;;;;;;/q;;;;;;;;;;;;;;;;;;4*+1;4*-1. The van der Waals surface area contributed by atoms with Gasteiger partial charge in [0.25, 0.3) is 39.8 Å². The number of rotatable bonds is 20. The first-order chi connectivity index (χ1) is 65.1. The minimum absolute atomic E-state index is 0. The van der Waals surface area contributed by atoms with Crippen LogP contribution in [0.25, 0.3) is 0 Å². The molecule has 0 aliphatic carbocycles. The summed E-state index contributed by atoms with van der Waals surface area (Å²) in [6.07, 6.45) is 3.43. The van der Waals surface area contributed by atoms with Crippen LogP contribution in [-0.4, -0.2) is 126 Å². The summed E-state index contributed by atoms with van der Waals surface area (Å²) in [5, 5.41) is 111. The third kappa shape index (κ3) is 71.3. The Balaban J connectivity index is -0.000000102.